The maximum Gasteiger partial charge on any atom is 0.407 e. The number of nitrogens with zero attached hydrogens (tertiary/aromatic N) is 1. The van der Waals surface area contributed by atoms with Crippen LogP contribution in [0.25, 0.3) is 0 Å². The molecule has 0 aliphatic carbocycles. The summed E-state index contributed by atoms with van der Waals surface area (Å²) in [5.74, 6) is 0. The highest BCUT2D eigenvalue weighted by atomic mass is 16.6. The van der Waals surface area contributed by atoms with E-state index in [0.717, 1.165) is 19.4 Å². The van der Waals surface area contributed by atoms with Gasteiger partial charge in [0.1, 0.15) is 5.60 Å². The van der Waals surface area contributed by atoms with Gasteiger partial charge in [-0.15, -0.1) is 0 Å². The Morgan fingerprint density at radius 3 is 2.41 bits per heavy atom. The van der Waals surface area contributed by atoms with Gasteiger partial charge in [-0.1, -0.05) is 0 Å². The van der Waals surface area contributed by atoms with Crippen LogP contribution in [0.3, 0.4) is 0 Å². The van der Waals surface area contributed by atoms with Crippen molar-refractivity contribution in [2.75, 3.05) is 40.9 Å². The maximum absolute atomic E-state index is 11.5. The minimum Gasteiger partial charge on any atom is -0.444 e. The van der Waals surface area contributed by atoms with Gasteiger partial charge in [-0.3, -0.25) is 0 Å². The topological polar surface area (TPSA) is 62.8 Å². The summed E-state index contributed by atoms with van der Waals surface area (Å²) in [6.07, 6.45) is 1.47. The third-order valence-corrected chi connectivity index (χ3v) is 2.92. The molecule has 0 aliphatic heterocycles. The van der Waals surface area contributed by atoms with E-state index in [2.05, 4.69) is 36.6 Å². The Balaban J connectivity index is 3.97. The number of carbonyl (C=O) groups excluding carboxylic acids is 1. The zero-order valence-corrected chi connectivity index (χ0v) is 15.4. The first-order valence-corrected chi connectivity index (χ1v) is 8.00. The van der Waals surface area contributed by atoms with Gasteiger partial charge in [-0.25, -0.2) is 4.79 Å². The molecular formula is C16H35N3O3. The SMILES string of the molecule is COCC(CCCNC(=O)OC(C)(C)C)NC(C)CN(C)C. The second-order valence-corrected chi connectivity index (χ2v) is 7.05. The first-order chi connectivity index (χ1) is 10.1. The standard InChI is InChI=1S/C16H35N3O3/c1-13(11-19(5)6)18-14(12-21-7)9-8-10-17-15(20)22-16(2,3)4/h13-14,18H,8-12H2,1-7H3,(H,17,20). The average Bonchev–Trinajstić information content (AvgIpc) is 2.31. The molecule has 0 aromatic carbocycles. The van der Waals surface area contributed by atoms with E-state index >= 15 is 0 Å². The zero-order valence-electron chi connectivity index (χ0n) is 15.4. The normalized spacial score (nSPS) is 14.7. The lowest BCUT2D eigenvalue weighted by atomic mass is 10.1. The summed E-state index contributed by atoms with van der Waals surface area (Å²) in [6.45, 7) is 10.0. The number of carbonyl (C=O) groups is 1. The Hall–Kier alpha value is -0.850. The van der Waals surface area contributed by atoms with E-state index in [0.29, 0.717) is 25.2 Å². The molecule has 0 radical (unpaired) electrons. The lowest BCUT2D eigenvalue weighted by molar-refractivity contribution is 0.0526. The van der Waals surface area contributed by atoms with Gasteiger partial charge in [0.05, 0.1) is 6.61 Å². The van der Waals surface area contributed by atoms with Crippen LogP contribution in [0.5, 0.6) is 0 Å². The van der Waals surface area contributed by atoms with Crippen LogP contribution in [0.2, 0.25) is 0 Å². The van der Waals surface area contributed by atoms with Crippen molar-refractivity contribution in [3.8, 4) is 0 Å². The molecular weight excluding hydrogens is 282 g/mol. The number of methoxy groups -OCH3 is 1. The largest absolute Gasteiger partial charge is 0.444 e. The molecule has 0 aliphatic rings. The van der Waals surface area contributed by atoms with Crippen molar-refractivity contribution in [1.29, 1.82) is 0 Å². The number of ether oxygens (including phenoxy) is 2. The fourth-order valence-electron chi connectivity index (χ4n) is 2.27. The highest BCUT2D eigenvalue weighted by molar-refractivity contribution is 5.67. The van der Waals surface area contributed by atoms with Gasteiger partial charge in [0.25, 0.3) is 0 Å². The zero-order chi connectivity index (χ0) is 17.2. The average molecular weight is 317 g/mol. The molecule has 132 valence electrons. The molecule has 6 heteroatoms. The summed E-state index contributed by atoms with van der Waals surface area (Å²) in [4.78, 5) is 13.7. The van der Waals surface area contributed by atoms with E-state index in [1.165, 1.54) is 0 Å². The smallest absolute Gasteiger partial charge is 0.407 e. The molecule has 0 saturated carbocycles. The van der Waals surface area contributed by atoms with Crippen LogP contribution in [0.15, 0.2) is 0 Å². The highest BCUT2D eigenvalue weighted by Crippen LogP contribution is 2.06. The molecule has 0 saturated heterocycles. The number of amides is 1. The molecule has 2 unspecified atom stereocenters. The van der Waals surface area contributed by atoms with Crippen molar-refractivity contribution in [3.63, 3.8) is 0 Å². The van der Waals surface area contributed by atoms with E-state index in [1.54, 1.807) is 7.11 Å². The van der Waals surface area contributed by atoms with Gasteiger partial charge in [0.2, 0.25) is 0 Å². The fraction of sp³-hybridized carbons (Fsp3) is 0.938. The van der Waals surface area contributed by atoms with Crippen molar-refractivity contribution < 1.29 is 14.3 Å². The first kappa shape index (κ1) is 21.1. The number of hydrogen-bond donors (Lipinski definition) is 2. The monoisotopic (exact) mass is 317 g/mol. The lowest BCUT2D eigenvalue weighted by Crippen LogP contribution is -2.44. The number of likely N-dealkylation sites (N-methyl/N-ethyl adjacent to an activating group) is 1. The second kappa shape index (κ2) is 10.8. The number of rotatable bonds is 10. The van der Waals surface area contributed by atoms with Crippen molar-refractivity contribution in [1.82, 2.24) is 15.5 Å². The van der Waals surface area contributed by atoms with Crippen molar-refractivity contribution in [2.24, 2.45) is 0 Å². The van der Waals surface area contributed by atoms with Crippen LogP contribution in [-0.2, 0) is 9.47 Å². The second-order valence-electron chi connectivity index (χ2n) is 7.05. The lowest BCUT2D eigenvalue weighted by Gasteiger charge is -2.25. The first-order valence-electron chi connectivity index (χ1n) is 8.00. The third-order valence-electron chi connectivity index (χ3n) is 2.92. The Morgan fingerprint density at radius 1 is 1.27 bits per heavy atom. The van der Waals surface area contributed by atoms with Crippen molar-refractivity contribution >= 4 is 6.09 Å². The van der Waals surface area contributed by atoms with Crippen LogP contribution in [-0.4, -0.2) is 69.6 Å². The van der Waals surface area contributed by atoms with E-state index in [1.807, 2.05) is 20.8 Å². The number of alkyl carbamates (subject to hydrolysis) is 1. The van der Waals surface area contributed by atoms with Gasteiger partial charge in [-0.05, 0) is 54.6 Å². The van der Waals surface area contributed by atoms with E-state index < -0.39 is 5.60 Å². The van der Waals surface area contributed by atoms with Crippen LogP contribution in [0.4, 0.5) is 4.79 Å². The third kappa shape index (κ3) is 12.9. The Bertz CT molecular complexity index is 304. The van der Waals surface area contributed by atoms with E-state index in [9.17, 15) is 4.79 Å². The van der Waals surface area contributed by atoms with E-state index in [4.69, 9.17) is 9.47 Å². The van der Waals surface area contributed by atoms with Crippen LogP contribution < -0.4 is 10.6 Å². The molecule has 22 heavy (non-hydrogen) atoms. The summed E-state index contributed by atoms with van der Waals surface area (Å²) in [7, 11) is 5.84. The number of nitrogens with one attached hydrogen (secondary N) is 2. The van der Waals surface area contributed by atoms with Gasteiger partial charge in [0, 0.05) is 32.3 Å². The summed E-state index contributed by atoms with van der Waals surface area (Å²) in [6, 6.07) is 0.689. The predicted octanol–water partition coefficient (Wildman–Crippen LogP) is 1.85. The van der Waals surface area contributed by atoms with Crippen LogP contribution in [0, 0.1) is 0 Å². The van der Waals surface area contributed by atoms with Crippen molar-refractivity contribution in [2.45, 2.75) is 58.2 Å². The molecule has 0 aromatic rings. The molecule has 1 amide bonds. The highest BCUT2D eigenvalue weighted by Gasteiger charge is 2.16. The molecule has 0 fully saturated rings. The molecule has 6 nitrogen and oxygen atoms in total. The molecule has 2 atom stereocenters. The molecule has 0 heterocycles. The van der Waals surface area contributed by atoms with E-state index in [-0.39, 0.29) is 6.09 Å². The summed E-state index contributed by atoms with van der Waals surface area (Å²) in [5.41, 5.74) is -0.453. The van der Waals surface area contributed by atoms with Gasteiger partial charge >= 0.3 is 6.09 Å². The van der Waals surface area contributed by atoms with Gasteiger partial charge in [0.15, 0.2) is 0 Å². The fourth-order valence-corrected chi connectivity index (χ4v) is 2.27. The number of hydrogen-bond acceptors (Lipinski definition) is 5. The van der Waals surface area contributed by atoms with Crippen molar-refractivity contribution in [3.05, 3.63) is 0 Å². The maximum atomic E-state index is 11.5. The Kier molecular flexibility index (Phi) is 10.4. The summed E-state index contributed by atoms with van der Waals surface area (Å²) < 4.78 is 10.5. The summed E-state index contributed by atoms with van der Waals surface area (Å²) >= 11 is 0. The molecule has 2 N–H and O–H groups in total. The quantitative estimate of drug-likeness (QED) is 0.602. The van der Waals surface area contributed by atoms with Gasteiger partial charge in [-0.2, -0.15) is 0 Å². The summed E-state index contributed by atoms with van der Waals surface area (Å²) in [5, 5.41) is 6.35. The molecule has 0 rings (SSSR count). The molecule has 0 aromatic heterocycles. The Morgan fingerprint density at radius 2 is 1.91 bits per heavy atom. The van der Waals surface area contributed by atoms with Crippen LogP contribution >= 0.6 is 0 Å². The minimum absolute atomic E-state index is 0.292. The van der Waals surface area contributed by atoms with Gasteiger partial charge < -0.3 is 25.0 Å². The predicted molar refractivity (Wildman–Crippen MR) is 90.3 cm³/mol. The van der Waals surface area contributed by atoms with Crippen LogP contribution in [0.1, 0.15) is 40.5 Å². The minimum atomic E-state index is -0.453. The Labute approximate surface area is 135 Å². The molecule has 0 bridgehead atoms. The molecule has 0 spiro atoms.